The number of hydrogen-bond donors (Lipinski definition) is 3. The number of carbonyl (C=O) groups is 2. The minimum Gasteiger partial charge on any atom is -0.355 e. The highest BCUT2D eigenvalue weighted by Crippen LogP contribution is 2.12. The maximum absolute atomic E-state index is 11.9. The monoisotopic (exact) mass is 261 g/mol. The Labute approximate surface area is 108 Å². The molecule has 2 heterocycles. The van der Waals surface area contributed by atoms with Crippen LogP contribution >= 0.6 is 12.4 Å². The van der Waals surface area contributed by atoms with Gasteiger partial charge >= 0.3 is 0 Å². The van der Waals surface area contributed by atoms with Gasteiger partial charge in [-0.2, -0.15) is 0 Å². The van der Waals surface area contributed by atoms with Crippen LogP contribution in [-0.2, 0) is 9.59 Å². The summed E-state index contributed by atoms with van der Waals surface area (Å²) in [6.45, 7) is 2.40. The number of carbonyl (C=O) groups excluding carboxylic acids is 2. The second-order valence-corrected chi connectivity index (χ2v) is 4.59. The van der Waals surface area contributed by atoms with E-state index in [-0.39, 0.29) is 36.2 Å². The molecule has 0 aromatic rings. The van der Waals surface area contributed by atoms with Crippen LogP contribution in [0.15, 0.2) is 0 Å². The lowest BCUT2D eigenvalue weighted by Crippen LogP contribution is -2.50. The molecule has 6 heteroatoms. The second-order valence-electron chi connectivity index (χ2n) is 4.59. The number of halogens is 1. The molecule has 2 rings (SSSR count). The van der Waals surface area contributed by atoms with Crippen LogP contribution in [-0.4, -0.2) is 37.5 Å². The Morgan fingerprint density at radius 1 is 1.29 bits per heavy atom. The van der Waals surface area contributed by atoms with Gasteiger partial charge in [0.2, 0.25) is 11.8 Å². The first-order valence-corrected chi connectivity index (χ1v) is 6.03. The summed E-state index contributed by atoms with van der Waals surface area (Å²) in [7, 11) is 0. The number of piperidine rings is 2. The molecule has 5 nitrogen and oxygen atoms in total. The maximum atomic E-state index is 11.9. The molecule has 17 heavy (non-hydrogen) atoms. The standard InChI is InChI=1S/C11H19N3O2.ClH/c15-10-4-3-8(6-13-10)11(16)14-9-2-1-5-12-7-9;/h8-9,12H,1-7H2,(H,13,15)(H,14,16);1H/t8?,9-;/m1./s1. The molecule has 0 aromatic carbocycles. The van der Waals surface area contributed by atoms with Crippen LogP contribution in [0.1, 0.15) is 25.7 Å². The zero-order chi connectivity index (χ0) is 11.4. The van der Waals surface area contributed by atoms with E-state index >= 15 is 0 Å². The third-order valence-electron chi connectivity index (χ3n) is 3.28. The van der Waals surface area contributed by atoms with E-state index in [1.54, 1.807) is 0 Å². The van der Waals surface area contributed by atoms with E-state index in [2.05, 4.69) is 16.0 Å². The Hall–Kier alpha value is -0.810. The first-order valence-electron chi connectivity index (χ1n) is 6.03. The van der Waals surface area contributed by atoms with Crippen molar-refractivity contribution >= 4 is 24.2 Å². The molecule has 0 bridgehead atoms. The summed E-state index contributed by atoms with van der Waals surface area (Å²) in [4.78, 5) is 22.9. The van der Waals surface area contributed by atoms with Gasteiger partial charge in [0.25, 0.3) is 0 Å². The lowest BCUT2D eigenvalue weighted by Gasteiger charge is -2.27. The molecule has 2 aliphatic rings. The zero-order valence-corrected chi connectivity index (χ0v) is 10.6. The van der Waals surface area contributed by atoms with Crippen molar-refractivity contribution in [2.24, 2.45) is 5.92 Å². The van der Waals surface area contributed by atoms with Gasteiger partial charge in [0.1, 0.15) is 0 Å². The highest BCUT2D eigenvalue weighted by molar-refractivity contribution is 5.85. The fourth-order valence-electron chi connectivity index (χ4n) is 2.25. The van der Waals surface area contributed by atoms with Crippen molar-refractivity contribution in [1.29, 1.82) is 0 Å². The van der Waals surface area contributed by atoms with Crippen molar-refractivity contribution in [3.05, 3.63) is 0 Å². The Kier molecular flexibility index (Phi) is 5.71. The lowest BCUT2D eigenvalue weighted by molar-refractivity contribution is -0.129. The molecule has 0 aromatic heterocycles. The first-order chi connectivity index (χ1) is 7.75. The fourth-order valence-corrected chi connectivity index (χ4v) is 2.25. The first kappa shape index (κ1) is 14.3. The normalized spacial score (nSPS) is 28.8. The molecule has 2 amide bonds. The van der Waals surface area contributed by atoms with E-state index < -0.39 is 0 Å². The molecule has 2 aliphatic heterocycles. The smallest absolute Gasteiger partial charge is 0.225 e. The van der Waals surface area contributed by atoms with E-state index in [0.717, 1.165) is 25.9 Å². The van der Waals surface area contributed by atoms with Crippen LogP contribution in [0.2, 0.25) is 0 Å². The van der Waals surface area contributed by atoms with Crippen LogP contribution in [0.4, 0.5) is 0 Å². The van der Waals surface area contributed by atoms with Crippen LogP contribution < -0.4 is 16.0 Å². The fraction of sp³-hybridized carbons (Fsp3) is 0.818. The molecule has 2 saturated heterocycles. The molecular weight excluding hydrogens is 242 g/mol. The molecular formula is C11H20ClN3O2. The summed E-state index contributed by atoms with van der Waals surface area (Å²) in [5, 5.41) is 9.05. The van der Waals surface area contributed by atoms with Gasteiger partial charge in [0.05, 0.1) is 5.92 Å². The van der Waals surface area contributed by atoms with Gasteiger partial charge in [-0.3, -0.25) is 9.59 Å². The summed E-state index contributed by atoms with van der Waals surface area (Å²) in [6, 6.07) is 0.263. The Morgan fingerprint density at radius 3 is 2.71 bits per heavy atom. The number of nitrogens with one attached hydrogen (secondary N) is 3. The SMILES string of the molecule is Cl.O=C1CCC(C(=O)N[C@@H]2CCCNC2)CN1. The molecule has 0 saturated carbocycles. The molecule has 1 unspecified atom stereocenters. The van der Waals surface area contributed by atoms with Gasteiger partial charge in [-0.05, 0) is 25.8 Å². The Morgan fingerprint density at radius 2 is 2.12 bits per heavy atom. The molecule has 2 atom stereocenters. The third-order valence-corrected chi connectivity index (χ3v) is 3.28. The van der Waals surface area contributed by atoms with Crippen LogP contribution in [0.25, 0.3) is 0 Å². The van der Waals surface area contributed by atoms with E-state index in [1.807, 2.05) is 0 Å². The number of rotatable bonds is 2. The number of amides is 2. The van der Waals surface area contributed by atoms with Crippen molar-refractivity contribution < 1.29 is 9.59 Å². The summed E-state index contributed by atoms with van der Waals surface area (Å²) < 4.78 is 0. The molecule has 0 aliphatic carbocycles. The van der Waals surface area contributed by atoms with Crippen molar-refractivity contribution in [2.75, 3.05) is 19.6 Å². The van der Waals surface area contributed by atoms with Gasteiger partial charge in [-0.15, -0.1) is 12.4 Å². The second kappa shape index (κ2) is 6.81. The van der Waals surface area contributed by atoms with Gasteiger partial charge in [-0.1, -0.05) is 0 Å². The van der Waals surface area contributed by atoms with Gasteiger partial charge in [0, 0.05) is 25.6 Å². The van der Waals surface area contributed by atoms with Crippen LogP contribution in [0.5, 0.6) is 0 Å². The van der Waals surface area contributed by atoms with Crippen molar-refractivity contribution in [3.8, 4) is 0 Å². The maximum Gasteiger partial charge on any atom is 0.225 e. The van der Waals surface area contributed by atoms with Crippen molar-refractivity contribution in [3.63, 3.8) is 0 Å². The predicted octanol–water partition coefficient (Wildman–Crippen LogP) is -0.197. The summed E-state index contributed by atoms with van der Waals surface area (Å²) >= 11 is 0. The van der Waals surface area contributed by atoms with Gasteiger partial charge in [-0.25, -0.2) is 0 Å². The van der Waals surface area contributed by atoms with Crippen molar-refractivity contribution in [2.45, 2.75) is 31.7 Å². The zero-order valence-electron chi connectivity index (χ0n) is 9.83. The summed E-state index contributed by atoms with van der Waals surface area (Å²) in [5.74, 6) is 0.108. The predicted molar refractivity (Wildman–Crippen MR) is 67.0 cm³/mol. The minimum atomic E-state index is -0.0420. The van der Waals surface area contributed by atoms with E-state index in [4.69, 9.17) is 0 Å². The summed E-state index contributed by atoms with van der Waals surface area (Å²) in [5.41, 5.74) is 0. The average Bonchev–Trinajstić information content (AvgIpc) is 2.31. The van der Waals surface area contributed by atoms with Gasteiger partial charge < -0.3 is 16.0 Å². The highest BCUT2D eigenvalue weighted by atomic mass is 35.5. The minimum absolute atomic E-state index is 0. The number of hydrogen-bond acceptors (Lipinski definition) is 3. The average molecular weight is 262 g/mol. The molecule has 0 radical (unpaired) electrons. The molecule has 2 fully saturated rings. The van der Waals surface area contributed by atoms with E-state index in [9.17, 15) is 9.59 Å². The lowest BCUT2D eigenvalue weighted by atomic mass is 9.97. The van der Waals surface area contributed by atoms with Crippen LogP contribution in [0.3, 0.4) is 0 Å². The topological polar surface area (TPSA) is 70.2 Å². The van der Waals surface area contributed by atoms with E-state index in [0.29, 0.717) is 19.4 Å². The molecule has 0 spiro atoms. The van der Waals surface area contributed by atoms with Crippen LogP contribution in [0, 0.1) is 5.92 Å². The van der Waals surface area contributed by atoms with Gasteiger partial charge in [0.15, 0.2) is 0 Å². The third kappa shape index (κ3) is 4.16. The largest absolute Gasteiger partial charge is 0.355 e. The Bertz CT molecular complexity index is 270. The molecule has 98 valence electrons. The summed E-state index contributed by atoms with van der Waals surface area (Å²) in [6.07, 6.45) is 3.32. The molecule has 3 N–H and O–H groups in total. The quantitative estimate of drug-likeness (QED) is 0.645. The van der Waals surface area contributed by atoms with Crippen molar-refractivity contribution in [1.82, 2.24) is 16.0 Å². The Balaban J connectivity index is 0.00000144. The highest BCUT2D eigenvalue weighted by Gasteiger charge is 2.26. The van der Waals surface area contributed by atoms with E-state index in [1.165, 1.54) is 0 Å².